The van der Waals surface area contributed by atoms with Crippen LogP contribution in [0.4, 0.5) is 0 Å². The van der Waals surface area contributed by atoms with Gasteiger partial charge in [-0.2, -0.15) is 0 Å². The van der Waals surface area contributed by atoms with Crippen LogP contribution in [0.2, 0.25) is 0 Å². The predicted octanol–water partition coefficient (Wildman–Crippen LogP) is 3.31. The fraction of sp³-hybridized carbons (Fsp3) is 0.917. The van der Waals surface area contributed by atoms with Crippen molar-refractivity contribution in [2.75, 3.05) is 0 Å². The van der Waals surface area contributed by atoms with Gasteiger partial charge < -0.3 is 5.11 Å². The number of hydrogen-bond donors (Lipinski definition) is 1. The molecule has 0 bridgehead atoms. The Hall–Kier alpha value is -0.530. The third-order valence-electron chi connectivity index (χ3n) is 3.43. The van der Waals surface area contributed by atoms with Gasteiger partial charge in [0.05, 0.1) is 5.92 Å². The van der Waals surface area contributed by atoms with Crippen molar-refractivity contribution in [3.05, 3.63) is 0 Å². The van der Waals surface area contributed by atoms with Gasteiger partial charge in [0.25, 0.3) is 0 Å². The maximum absolute atomic E-state index is 11.0. The van der Waals surface area contributed by atoms with Gasteiger partial charge in [-0.15, -0.1) is 0 Å². The standard InChI is InChI=1S/C12H22O2/c1-9(2)11(12(13)14)8-10-6-4-3-5-7-10/h9-11H,3-8H2,1-2H3,(H,13,14). The van der Waals surface area contributed by atoms with Gasteiger partial charge in [0.2, 0.25) is 0 Å². The van der Waals surface area contributed by atoms with Gasteiger partial charge in [0, 0.05) is 0 Å². The molecule has 0 radical (unpaired) electrons. The van der Waals surface area contributed by atoms with Crippen LogP contribution in [0.1, 0.15) is 52.4 Å². The molecule has 1 N–H and O–H groups in total. The van der Waals surface area contributed by atoms with E-state index < -0.39 is 5.97 Å². The zero-order valence-corrected chi connectivity index (χ0v) is 9.33. The third kappa shape index (κ3) is 3.32. The fourth-order valence-corrected chi connectivity index (χ4v) is 2.44. The summed E-state index contributed by atoms with van der Waals surface area (Å²) in [6, 6.07) is 0. The lowest BCUT2D eigenvalue weighted by Crippen LogP contribution is -2.23. The molecular formula is C12H22O2. The van der Waals surface area contributed by atoms with Gasteiger partial charge in [-0.3, -0.25) is 4.79 Å². The molecular weight excluding hydrogens is 176 g/mol. The molecule has 2 nitrogen and oxygen atoms in total. The van der Waals surface area contributed by atoms with E-state index in [0.29, 0.717) is 5.92 Å². The molecule has 0 aromatic rings. The first-order valence-corrected chi connectivity index (χ1v) is 5.84. The van der Waals surface area contributed by atoms with Crippen LogP contribution in [0.5, 0.6) is 0 Å². The van der Waals surface area contributed by atoms with Crippen molar-refractivity contribution in [2.45, 2.75) is 52.4 Å². The van der Waals surface area contributed by atoms with E-state index in [2.05, 4.69) is 0 Å². The Balaban J connectivity index is 2.41. The van der Waals surface area contributed by atoms with Gasteiger partial charge in [-0.25, -0.2) is 0 Å². The summed E-state index contributed by atoms with van der Waals surface area (Å²) in [7, 11) is 0. The Morgan fingerprint density at radius 1 is 1.29 bits per heavy atom. The molecule has 1 rings (SSSR count). The van der Waals surface area contributed by atoms with E-state index in [1.165, 1.54) is 32.1 Å². The van der Waals surface area contributed by atoms with Crippen LogP contribution in [-0.4, -0.2) is 11.1 Å². The highest BCUT2D eigenvalue weighted by Gasteiger charge is 2.26. The average molecular weight is 198 g/mol. The predicted molar refractivity (Wildman–Crippen MR) is 57.2 cm³/mol. The number of rotatable bonds is 4. The number of carboxylic acids is 1. The molecule has 1 atom stereocenters. The van der Waals surface area contributed by atoms with Crippen LogP contribution in [0.3, 0.4) is 0 Å². The summed E-state index contributed by atoms with van der Waals surface area (Å²) in [4.78, 5) is 11.0. The molecule has 14 heavy (non-hydrogen) atoms. The van der Waals surface area contributed by atoms with E-state index in [1.54, 1.807) is 0 Å². The summed E-state index contributed by atoms with van der Waals surface area (Å²) in [6.07, 6.45) is 7.33. The molecule has 0 heterocycles. The van der Waals surface area contributed by atoms with E-state index in [0.717, 1.165) is 6.42 Å². The van der Waals surface area contributed by atoms with Gasteiger partial charge in [0.1, 0.15) is 0 Å². The lowest BCUT2D eigenvalue weighted by molar-refractivity contribution is -0.144. The summed E-state index contributed by atoms with van der Waals surface area (Å²) in [5.74, 6) is 0.213. The molecule has 82 valence electrons. The van der Waals surface area contributed by atoms with Crippen LogP contribution in [0.25, 0.3) is 0 Å². The lowest BCUT2D eigenvalue weighted by Gasteiger charge is -2.26. The number of aliphatic carboxylic acids is 1. The fourth-order valence-electron chi connectivity index (χ4n) is 2.44. The molecule has 0 spiro atoms. The van der Waals surface area contributed by atoms with Crippen molar-refractivity contribution in [3.8, 4) is 0 Å². The summed E-state index contributed by atoms with van der Waals surface area (Å²) in [6.45, 7) is 4.03. The SMILES string of the molecule is CC(C)C(CC1CCCCC1)C(=O)O. The quantitative estimate of drug-likeness (QED) is 0.752. The van der Waals surface area contributed by atoms with Crippen molar-refractivity contribution in [1.82, 2.24) is 0 Å². The van der Waals surface area contributed by atoms with Gasteiger partial charge >= 0.3 is 5.97 Å². The van der Waals surface area contributed by atoms with E-state index in [1.807, 2.05) is 13.8 Å². The monoisotopic (exact) mass is 198 g/mol. The van der Waals surface area contributed by atoms with Gasteiger partial charge in [-0.05, 0) is 18.3 Å². The maximum Gasteiger partial charge on any atom is 0.306 e. The minimum atomic E-state index is -0.606. The molecule has 0 saturated heterocycles. The van der Waals surface area contributed by atoms with E-state index in [-0.39, 0.29) is 11.8 Å². The smallest absolute Gasteiger partial charge is 0.306 e. The summed E-state index contributed by atoms with van der Waals surface area (Å²) in [5, 5.41) is 9.07. The lowest BCUT2D eigenvalue weighted by atomic mass is 9.79. The van der Waals surface area contributed by atoms with Gasteiger partial charge in [-0.1, -0.05) is 46.0 Å². The maximum atomic E-state index is 11.0. The van der Waals surface area contributed by atoms with Gasteiger partial charge in [0.15, 0.2) is 0 Å². The molecule has 0 aliphatic heterocycles. The van der Waals surface area contributed by atoms with Crippen molar-refractivity contribution in [2.24, 2.45) is 17.8 Å². The van der Waals surface area contributed by atoms with Crippen LogP contribution in [0.15, 0.2) is 0 Å². The largest absolute Gasteiger partial charge is 0.481 e. The molecule has 1 fully saturated rings. The second-order valence-electron chi connectivity index (χ2n) is 4.93. The van der Waals surface area contributed by atoms with E-state index in [9.17, 15) is 4.79 Å². The number of hydrogen-bond acceptors (Lipinski definition) is 1. The summed E-state index contributed by atoms with van der Waals surface area (Å²) < 4.78 is 0. The average Bonchev–Trinajstić information content (AvgIpc) is 2.15. The van der Waals surface area contributed by atoms with Crippen molar-refractivity contribution >= 4 is 5.97 Å². The first-order valence-electron chi connectivity index (χ1n) is 5.84. The Morgan fingerprint density at radius 3 is 2.29 bits per heavy atom. The third-order valence-corrected chi connectivity index (χ3v) is 3.43. The Morgan fingerprint density at radius 2 is 1.86 bits per heavy atom. The molecule has 1 aliphatic rings. The first kappa shape index (κ1) is 11.5. The highest BCUT2D eigenvalue weighted by Crippen LogP contribution is 2.31. The first-order chi connectivity index (χ1) is 6.61. The molecule has 0 amide bonds. The Labute approximate surface area is 86.7 Å². The minimum Gasteiger partial charge on any atom is -0.481 e. The summed E-state index contributed by atoms with van der Waals surface area (Å²) >= 11 is 0. The second kappa shape index (κ2) is 5.38. The van der Waals surface area contributed by atoms with Crippen LogP contribution in [-0.2, 0) is 4.79 Å². The highest BCUT2D eigenvalue weighted by molar-refractivity contribution is 5.70. The highest BCUT2D eigenvalue weighted by atomic mass is 16.4. The molecule has 0 aromatic carbocycles. The number of carbonyl (C=O) groups is 1. The second-order valence-corrected chi connectivity index (χ2v) is 4.93. The van der Waals surface area contributed by atoms with Crippen molar-refractivity contribution in [1.29, 1.82) is 0 Å². The normalized spacial score (nSPS) is 21.1. The molecule has 1 aliphatic carbocycles. The Kier molecular flexibility index (Phi) is 4.43. The minimum absolute atomic E-state index is 0.127. The molecule has 0 aromatic heterocycles. The van der Waals surface area contributed by atoms with Crippen molar-refractivity contribution in [3.63, 3.8) is 0 Å². The Bertz CT molecular complexity index is 181. The number of carboxylic acid groups (broad SMARTS) is 1. The van der Waals surface area contributed by atoms with Crippen molar-refractivity contribution < 1.29 is 9.90 Å². The topological polar surface area (TPSA) is 37.3 Å². The van der Waals surface area contributed by atoms with Crippen LogP contribution >= 0.6 is 0 Å². The molecule has 1 saturated carbocycles. The summed E-state index contributed by atoms with van der Waals surface area (Å²) in [5.41, 5.74) is 0. The van der Waals surface area contributed by atoms with Crippen LogP contribution in [0, 0.1) is 17.8 Å². The van der Waals surface area contributed by atoms with E-state index in [4.69, 9.17) is 5.11 Å². The van der Waals surface area contributed by atoms with Crippen LogP contribution < -0.4 is 0 Å². The molecule has 1 unspecified atom stereocenters. The zero-order valence-electron chi connectivity index (χ0n) is 9.33. The molecule has 2 heteroatoms. The zero-order chi connectivity index (χ0) is 10.6. The van der Waals surface area contributed by atoms with E-state index >= 15 is 0 Å².